The van der Waals surface area contributed by atoms with Gasteiger partial charge in [-0.2, -0.15) is 0 Å². The van der Waals surface area contributed by atoms with Crippen LogP contribution in [-0.2, 0) is 0 Å². The maximum atomic E-state index is 12.4. The summed E-state index contributed by atoms with van der Waals surface area (Å²) in [5.74, 6) is -0.213. The van der Waals surface area contributed by atoms with Crippen molar-refractivity contribution in [2.75, 3.05) is 0 Å². The smallest absolute Gasteiger partial charge is 0.118 e. The van der Waals surface area contributed by atoms with E-state index >= 15 is 0 Å². The molecule has 0 amide bonds. The molecule has 1 heteroatoms. The number of hydrogen-bond acceptors (Lipinski definition) is 0. The van der Waals surface area contributed by atoms with Crippen LogP contribution in [0.1, 0.15) is 20.3 Å². The summed E-state index contributed by atoms with van der Waals surface area (Å²) in [7, 11) is 0. The Morgan fingerprint density at radius 3 is 2.50 bits per heavy atom. The van der Waals surface area contributed by atoms with Gasteiger partial charge in [0.15, 0.2) is 0 Å². The van der Waals surface area contributed by atoms with Gasteiger partial charge in [-0.05, 0) is 19.4 Å². The van der Waals surface area contributed by atoms with E-state index in [2.05, 4.69) is 6.58 Å². The lowest BCUT2D eigenvalue weighted by Gasteiger charge is -1.89. The molecule has 0 radical (unpaired) electrons. The fourth-order valence-corrected chi connectivity index (χ4v) is 0.412. The first kappa shape index (κ1) is 9.15. The molecule has 0 spiro atoms. The highest BCUT2D eigenvalue weighted by molar-refractivity contribution is 5.21. The molecular formula is C9H13F. The largest absolute Gasteiger partial charge is 0.207 e. The van der Waals surface area contributed by atoms with Gasteiger partial charge in [-0.3, -0.25) is 0 Å². The molecule has 0 nitrogen and oxygen atoms in total. The molecule has 10 heavy (non-hydrogen) atoms. The van der Waals surface area contributed by atoms with Gasteiger partial charge in [-0.15, -0.1) is 0 Å². The summed E-state index contributed by atoms with van der Waals surface area (Å²) in [5.41, 5.74) is 0.942. The fourth-order valence-electron chi connectivity index (χ4n) is 0.412. The highest BCUT2D eigenvalue weighted by Gasteiger charge is 1.83. The lowest BCUT2D eigenvalue weighted by molar-refractivity contribution is 0.664. The second-order valence-corrected chi connectivity index (χ2v) is 2.02. The van der Waals surface area contributed by atoms with Crippen molar-refractivity contribution in [3.05, 3.63) is 36.2 Å². The minimum absolute atomic E-state index is 0.213. The summed E-state index contributed by atoms with van der Waals surface area (Å²) in [5, 5.41) is 0. The van der Waals surface area contributed by atoms with E-state index in [0.717, 1.165) is 12.0 Å². The first-order valence-electron chi connectivity index (χ1n) is 3.38. The molecule has 0 aliphatic rings. The number of allylic oxidation sites excluding steroid dienone is 5. The lowest BCUT2D eigenvalue weighted by Crippen LogP contribution is -1.69. The van der Waals surface area contributed by atoms with E-state index in [-0.39, 0.29) is 5.83 Å². The molecule has 0 fully saturated rings. The van der Waals surface area contributed by atoms with Gasteiger partial charge >= 0.3 is 0 Å². The zero-order valence-corrected chi connectivity index (χ0v) is 6.52. The molecule has 0 atom stereocenters. The molecule has 0 aromatic heterocycles. The minimum atomic E-state index is -0.213. The summed E-state index contributed by atoms with van der Waals surface area (Å²) in [6.07, 6.45) is 5.40. The zero-order chi connectivity index (χ0) is 7.98. The van der Waals surface area contributed by atoms with E-state index in [1.807, 2.05) is 6.92 Å². The van der Waals surface area contributed by atoms with E-state index in [9.17, 15) is 4.39 Å². The van der Waals surface area contributed by atoms with Gasteiger partial charge < -0.3 is 0 Å². The van der Waals surface area contributed by atoms with Crippen LogP contribution in [0.3, 0.4) is 0 Å². The highest BCUT2D eigenvalue weighted by atomic mass is 19.1. The van der Waals surface area contributed by atoms with Crippen molar-refractivity contribution in [2.45, 2.75) is 20.3 Å². The van der Waals surface area contributed by atoms with E-state index in [1.54, 1.807) is 13.0 Å². The molecule has 0 rings (SSSR count). The SMILES string of the molecule is C=C(C=CC(F)=CC)CC. The van der Waals surface area contributed by atoms with Crippen molar-refractivity contribution in [3.63, 3.8) is 0 Å². The molecule has 0 aromatic rings. The summed E-state index contributed by atoms with van der Waals surface area (Å²) in [6, 6.07) is 0. The Bertz CT molecular complexity index is 164. The monoisotopic (exact) mass is 140 g/mol. The van der Waals surface area contributed by atoms with Crippen LogP contribution in [-0.4, -0.2) is 0 Å². The van der Waals surface area contributed by atoms with Gasteiger partial charge in [-0.25, -0.2) is 4.39 Å². The zero-order valence-electron chi connectivity index (χ0n) is 6.52. The molecule has 0 aliphatic heterocycles. The van der Waals surface area contributed by atoms with Crippen molar-refractivity contribution in [3.8, 4) is 0 Å². The Morgan fingerprint density at radius 1 is 1.50 bits per heavy atom. The molecule has 0 saturated carbocycles. The van der Waals surface area contributed by atoms with Crippen molar-refractivity contribution in [1.29, 1.82) is 0 Å². The maximum absolute atomic E-state index is 12.4. The number of rotatable bonds is 3. The Balaban J connectivity index is 3.88. The van der Waals surface area contributed by atoms with Crippen molar-refractivity contribution in [2.24, 2.45) is 0 Å². The summed E-state index contributed by atoms with van der Waals surface area (Å²) in [4.78, 5) is 0. The van der Waals surface area contributed by atoms with Crippen LogP contribution in [0, 0.1) is 0 Å². The first-order valence-corrected chi connectivity index (χ1v) is 3.38. The molecule has 0 heterocycles. The van der Waals surface area contributed by atoms with Crippen LogP contribution in [0.2, 0.25) is 0 Å². The average Bonchev–Trinajstić information content (AvgIpc) is 1.99. The fraction of sp³-hybridized carbons (Fsp3) is 0.333. The topological polar surface area (TPSA) is 0 Å². The molecule has 56 valence electrons. The quantitative estimate of drug-likeness (QED) is 0.527. The Kier molecular flexibility index (Phi) is 4.55. The van der Waals surface area contributed by atoms with Crippen LogP contribution in [0.25, 0.3) is 0 Å². The summed E-state index contributed by atoms with van der Waals surface area (Å²) < 4.78 is 12.4. The second kappa shape index (κ2) is 4.98. The summed E-state index contributed by atoms with van der Waals surface area (Å²) >= 11 is 0. The van der Waals surface area contributed by atoms with E-state index in [4.69, 9.17) is 0 Å². The van der Waals surface area contributed by atoms with Gasteiger partial charge in [0.05, 0.1) is 0 Å². The third-order valence-corrected chi connectivity index (χ3v) is 1.21. The highest BCUT2D eigenvalue weighted by Crippen LogP contribution is 2.03. The standard InChI is InChI=1S/C9H13F/c1-4-8(3)6-7-9(10)5-2/h5-7H,3-4H2,1-2H3. The number of hydrogen-bond donors (Lipinski definition) is 0. The van der Waals surface area contributed by atoms with E-state index in [1.165, 1.54) is 12.2 Å². The second-order valence-electron chi connectivity index (χ2n) is 2.02. The maximum Gasteiger partial charge on any atom is 0.118 e. The first-order chi connectivity index (χ1) is 4.70. The van der Waals surface area contributed by atoms with E-state index < -0.39 is 0 Å². The Morgan fingerprint density at radius 2 is 2.10 bits per heavy atom. The molecule has 0 aliphatic carbocycles. The predicted molar refractivity (Wildman–Crippen MR) is 43.4 cm³/mol. The van der Waals surface area contributed by atoms with Crippen LogP contribution in [0.5, 0.6) is 0 Å². The van der Waals surface area contributed by atoms with Crippen LogP contribution in [0.4, 0.5) is 4.39 Å². The van der Waals surface area contributed by atoms with E-state index in [0.29, 0.717) is 0 Å². The number of halogens is 1. The van der Waals surface area contributed by atoms with Crippen molar-refractivity contribution < 1.29 is 4.39 Å². The minimum Gasteiger partial charge on any atom is -0.207 e. The van der Waals surface area contributed by atoms with Crippen LogP contribution in [0.15, 0.2) is 36.2 Å². The van der Waals surface area contributed by atoms with Gasteiger partial charge in [-0.1, -0.05) is 31.2 Å². The van der Waals surface area contributed by atoms with Gasteiger partial charge in [0.2, 0.25) is 0 Å². The van der Waals surface area contributed by atoms with Crippen molar-refractivity contribution >= 4 is 0 Å². The molecule has 0 N–H and O–H groups in total. The van der Waals surface area contributed by atoms with Crippen molar-refractivity contribution in [1.82, 2.24) is 0 Å². The molecule has 0 unspecified atom stereocenters. The lowest BCUT2D eigenvalue weighted by atomic mass is 10.2. The predicted octanol–water partition coefficient (Wildman–Crippen LogP) is 3.38. The molecular weight excluding hydrogens is 127 g/mol. The third kappa shape index (κ3) is 4.07. The van der Waals surface area contributed by atoms with Gasteiger partial charge in [0.1, 0.15) is 5.83 Å². The molecule has 0 saturated heterocycles. The molecule has 0 aromatic carbocycles. The van der Waals surface area contributed by atoms with Gasteiger partial charge in [0, 0.05) is 0 Å². The average molecular weight is 140 g/mol. The normalized spacial score (nSPS) is 12.5. The molecule has 0 bridgehead atoms. The van der Waals surface area contributed by atoms with Crippen LogP contribution < -0.4 is 0 Å². The Hall–Kier alpha value is -0.850. The third-order valence-electron chi connectivity index (χ3n) is 1.21. The Labute approximate surface area is 61.8 Å². The van der Waals surface area contributed by atoms with Crippen LogP contribution >= 0.6 is 0 Å². The van der Waals surface area contributed by atoms with Gasteiger partial charge in [0.25, 0.3) is 0 Å². The summed E-state index contributed by atoms with van der Waals surface area (Å²) in [6.45, 7) is 7.35.